The Morgan fingerprint density at radius 2 is 1.73 bits per heavy atom. The van der Waals surface area contributed by atoms with E-state index in [1.165, 1.54) is 19.2 Å². The van der Waals surface area contributed by atoms with Gasteiger partial charge >= 0.3 is 5.97 Å². The molecule has 0 heterocycles. The lowest BCUT2D eigenvalue weighted by Gasteiger charge is -2.18. The van der Waals surface area contributed by atoms with E-state index in [4.69, 9.17) is 4.74 Å². The summed E-state index contributed by atoms with van der Waals surface area (Å²) in [5.41, 5.74) is 1.92. The normalized spacial score (nSPS) is 12.5. The Morgan fingerprint density at radius 1 is 1.08 bits per heavy atom. The van der Waals surface area contributed by atoms with Gasteiger partial charge in [0.25, 0.3) is 0 Å². The number of carbonyl (C=O) groups excluding carboxylic acids is 1. The molecule has 1 atom stereocenters. The number of hydrogen-bond acceptors (Lipinski definition) is 5. The van der Waals surface area contributed by atoms with Gasteiger partial charge in [0.05, 0.1) is 37.7 Å². The lowest BCUT2D eigenvalue weighted by Crippen LogP contribution is -2.40. The molecule has 0 aromatic heterocycles. The Morgan fingerprint density at radius 3 is 2.35 bits per heavy atom. The Hall–Kier alpha value is -2.22. The number of ether oxygens (including phenoxy) is 2. The summed E-state index contributed by atoms with van der Waals surface area (Å²) in [5, 5.41) is 0. The Balaban J connectivity index is 2.03. The number of hydrogen-bond donors (Lipinski definition) is 1. The molecule has 0 spiro atoms. The van der Waals surface area contributed by atoms with Crippen molar-refractivity contribution in [2.45, 2.75) is 30.9 Å². The molecule has 0 saturated carbocycles. The topological polar surface area (TPSA) is 81.7 Å². The van der Waals surface area contributed by atoms with Crippen LogP contribution in [-0.4, -0.2) is 34.1 Å². The fraction of sp³-hybridized carbons (Fsp3) is 0.316. The van der Waals surface area contributed by atoms with Crippen LogP contribution < -0.4 is 4.72 Å². The third-order valence-electron chi connectivity index (χ3n) is 3.72. The standard InChI is InChI=1S/C19H23NO5S/c1-15-8-10-18(11-9-15)26(22,23)20-17(12-19(21)24-2)14-25-13-16-6-4-3-5-7-16/h3-11,17,20H,12-14H2,1-2H3/t17-/m1/s1. The molecule has 0 aliphatic carbocycles. The van der Waals surface area contributed by atoms with Crippen LogP contribution in [-0.2, 0) is 30.9 Å². The van der Waals surface area contributed by atoms with Crippen LogP contribution in [0.15, 0.2) is 59.5 Å². The van der Waals surface area contributed by atoms with E-state index in [-0.39, 0.29) is 17.9 Å². The van der Waals surface area contributed by atoms with Crippen LogP contribution in [0.1, 0.15) is 17.5 Å². The van der Waals surface area contributed by atoms with Gasteiger partial charge in [-0.2, -0.15) is 0 Å². The summed E-state index contributed by atoms with van der Waals surface area (Å²) in [6.45, 7) is 2.25. The van der Waals surface area contributed by atoms with Gasteiger partial charge in [-0.1, -0.05) is 48.0 Å². The summed E-state index contributed by atoms with van der Waals surface area (Å²) >= 11 is 0. The molecule has 0 radical (unpaired) electrons. The van der Waals surface area contributed by atoms with E-state index in [0.717, 1.165) is 11.1 Å². The molecule has 0 bridgehead atoms. The van der Waals surface area contributed by atoms with E-state index in [1.54, 1.807) is 12.1 Å². The smallest absolute Gasteiger partial charge is 0.307 e. The van der Waals surface area contributed by atoms with Crippen molar-refractivity contribution in [3.05, 3.63) is 65.7 Å². The van der Waals surface area contributed by atoms with Gasteiger partial charge in [-0.3, -0.25) is 4.79 Å². The maximum atomic E-state index is 12.5. The zero-order valence-corrected chi connectivity index (χ0v) is 15.7. The highest BCUT2D eigenvalue weighted by Crippen LogP contribution is 2.12. The van der Waals surface area contributed by atoms with E-state index in [9.17, 15) is 13.2 Å². The van der Waals surface area contributed by atoms with Crippen molar-refractivity contribution in [1.82, 2.24) is 4.72 Å². The molecule has 0 aliphatic heterocycles. The first-order chi connectivity index (χ1) is 12.4. The zero-order chi connectivity index (χ0) is 19.0. The number of rotatable bonds is 9. The Bertz CT molecular complexity index is 804. The van der Waals surface area contributed by atoms with Gasteiger partial charge in [0.1, 0.15) is 0 Å². The Kier molecular flexibility index (Phi) is 7.32. The number of esters is 1. The van der Waals surface area contributed by atoms with Crippen molar-refractivity contribution >= 4 is 16.0 Å². The number of sulfonamides is 1. The molecule has 140 valence electrons. The number of nitrogens with one attached hydrogen (secondary N) is 1. The number of aryl methyl sites for hydroxylation is 1. The predicted octanol–water partition coefficient (Wildman–Crippen LogP) is 2.42. The van der Waals surface area contributed by atoms with Gasteiger partial charge < -0.3 is 9.47 Å². The van der Waals surface area contributed by atoms with Crippen molar-refractivity contribution in [3.8, 4) is 0 Å². The van der Waals surface area contributed by atoms with Crippen LogP contribution in [0.2, 0.25) is 0 Å². The molecule has 0 saturated heterocycles. The third kappa shape index (κ3) is 6.25. The second-order valence-corrected chi connectivity index (χ2v) is 7.63. The molecular formula is C19H23NO5S. The first-order valence-corrected chi connectivity index (χ1v) is 9.66. The fourth-order valence-corrected chi connectivity index (χ4v) is 3.54. The van der Waals surface area contributed by atoms with Crippen LogP contribution in [0, 0.1) is 6.92 Å². The molecule has 26 heavy (non-hydrogen) atoms. The summed E-state index contributed by atoms with van der Waals surface area (Å²) in [5.74, 6) is -0.509. The van der Waals surface area contributed by atoms with Gasteiger partial charge in [-0.05, 0) is 24.6 Å². The largest absolute Gasteiger partial charge is 0.469 e. The molecule has 0 amide bonds. The second-order valence-electron chi connectivity index (χ2n) is 5.91. The van der Waals surface area contributed by atoms with Crippen LogP contribution in [0.25, 0.3) is 0 Å². The molecule has 6 nitrogen and oxygen atoms in total. The van der Waals surface area contributed by atoms with Crippen molar-refractivity contribution in [2.24, 2.45) is 0 Å². The van der Waals surface area contributed by atoms with Crippen molar-refractivity contribution in [1.29, 1.82) is 0 Å². The fourth-order valence-electron chi connectivity index (χ4n) is 2.32. The maximum Gasteiger partial charge on any atom is 0.307 e. The van der Waals surface area contributed by atoms with E-state index in [0.29, 0.717) is 6.61 Å². The van der Waals surface area contributed by atoms with Crippen LogP contribution in [0.5, 0.6) is 0 Å². The third-order valence-corrected chi connectivity index (χ3v) is 5.26. The molecular weight excluding hydrogens is 354 g/mol. The minimum Gasteiger partial charge on any atom is -0.469 e. The molecule has 2 aromatic rings. The lowest BCUT2D eigenvalue weighted by atomic mass is 10.2. The quantitative estimate of drug-likeness (QED) is 0.679. The molecule has 0 fully saturated rings. The minimum absolute atomic E-state index is 0.0507. The van der Waals surface area contributed by atoms with Crippen LogP contribution >= 0.6 is 0 Å². The summed E-state index contributed by atoms with van der Waals surface area (Å²) in [6, 6.07) is 15.3. The highest BCUT2D eigenvalue weighted by atomic mass is 32.2. The minimum atomic E-state index is -3.76. The Labute approximate surface area is 154 Å². The zero-order valence-electron chi connectivity index (χ0n) is 14.8. The maximum absolute atomic E-state index is 12.5. The van der Waals surface area contributed by atoms with Crippen LogP contribution in [0.4, 0.5) is 0 Å². The lowest BCUT2D eigenvalue weighted by molar-refractivity contribution is -0.141. The number of benzene rings is 2. The first kappa shape index (κ1) is 20.1. The van der Waals surface area contributed by atoms with Gasteiger partial charge in [0.15, 0.2) is 0 Å². The van der Waals surface area contributed by atoms with Gasteiger partial charge in [0.2, 0.25) is 10.0 Å². The van der Waals surface area contributed by atoms with Gasteiger partial charge in [-0.25, -0.2) is 13.1 Å². The van der Waals surface area contributed by atoms with Gasteiger partial charge in [0, 0.05) is 0 Å². The molecule has 0 aliphatic rings. The molecule has 1 N–H and O–H groups in total. The SMILES string of the molecule is COC(=O)C[C@H](COCc1ccccc1)NS(=O)(=O)c1ccc(C)cc1. The number of carbonyl (C=O) groups is 1. The van der Waals surface area contributed by atoms with E-state index >= 15 is 0 Å². The molecule has 0 unspecified atom stereocenters. The second kappa shape index (κ2) is 9.47. The van der Waals surface area contributed by atoms with Gasteiger partial charge in [-0.15, -0.1) is 0 Å². The first-order valence-electron chi connectivity index (χ1n) is 8.18. The predicted molar refractivity (Wildman–Crippen MR) is 98.0 cm³/mol. The number of methoxy groups -OCH3 is 1. The van der Waals surface area contributed by atoms with Crippen molar-refractivity contribution in [2.75, 3.05) is 13.7 Å². The van der Waals surface area contributed by atoms with Crippen molar-refractivity contribution < 1.29 is 22.7 Å². The summed E-state index contributed by atoms with van der Waals surface area (Å²) in [6.07, 6.45) is -0.115. The molecule has 2 aromatic carbocycles. The van der Waals surface area contributed by atoms with E-state index in [2.05, 4.69) is 9.46 Å². The summed E-state index contributed by atoms with van der Waals surface area (Å²) in [4.78, 5) is 11.7. The monoisotopic (exact) mass is 377 g/mol. The molecule has 2 rings (SSSR count). The molecule has 7 heteroatoms. The highest BCUT2D eigenvalue weighted by molar-refractivity contribution is 7.89. The van der Waals surface area contributed by atoms with E-state index in [1.807, 2.05) is 37.3 Å². The van der Waals surface area contributed by atoms with E-state index < -0.39 is 22.0 Å². The van der Waals surface area contributed by atoms with Crippen LogP contribution in [0.3, 0.4) is 0 Å². The summed E-state index contributed by atoms with van der Waals surface area (Å²) < 4.78 is 37.8. The van der Waals surface area contributed by atoms with Crippen molar-refractivity contribution in [3.63, 3.8) is 0 Å². The average molecular weight is 377 g/mol. The summed E-state index contributed by atoms with van der Waals surface area (Å²) in [7, 11) is -2.50. The average Bonchev–Trinajstić information content (AvgIpc) is 2.62. The highest BCUT2D eigenvalue weighted by Gasteiger charge is 2.23.